The first-order valence-electron chi connectivity index (χ1n) is 5.81. The molecule has 0 bridgehead atoms. The van der Waals surface area contributed by atoms with Crippen molar-refractivity contribution in [2.45, 2.75) is 6.54 Å². The molecular weight excluding hydrogens is 248 g/mol. The van der Waals surface area contributed by atoms with Gasteiger partial charge in [-0.05, 0) is 17.7 Å². The zero-order chi connectivity index (χ0) is 12.8. The third kappa shape index (κ3) is 3.45. The van der Waals surface area contributed by atoms with Crippen LogP contribution in [0.2, 0.25) is 5.15 Å². The van der Waals surface area contributed by atoms with Crippen LogP contribution in [-0.4, -0.2) is 23.2 Å². The summed E-state index contributed by atoms with van der Waals surface area (Å²) in [6.07, 6.45) is 1.67. The van der Waals surface area contributed by atoms with Gasteiger partial charge >= 0.3 is 0 Å². The molecule has 18 heavy (non-hydrogen) atoms. The Kier molecular flexibility index (Phi) is 4.56. The predicted octanol–water partition coefficient (Wildman–Crippen LogP) is 2.73. The van der Waals surface area contributed by atoms with Crippen molar-refractivity contribution in [3.05, 3.63) is 59.4 Å². The van der Waals surface area contributed by atoms with E-state index < -0.39 is 0 Å². The molecule has 1 N–H and O–H groups in total. The third-order valence-corrected chi connectivity index (χ3v) is 2.87. The highest BCUT2D eigenvalue weighted by molar-refractivity contribution is 6.29. The zero-order valence-electron chi connectivity index (χ0n) is 9.96. The Morgan fingerprint density at radius 1 is 1.17 bits per heavy atom. The lowest BCUT2D eigenvalue weighted by Crippen LogP contribution is -2.26. The first kappa shape index (κ1) is 12.9. The minimum Gasteiger partial charge on any atom is -0.395 e. The molecule has 1 aromatic heterocycles. The molecule has 0 spiro atoms. The van der Waals surface area contributed by atoms with E-state index in [1.54, 1.807) is 12.3 Å². The number of aliphatic hydroxyl groups is 1. The number of rotatable bonds is 5. The number of anilines is 1. The van der Waals surface area contributed by atoms with Crippen molar-refractivity contribution in [1.82, 2.24) is 4.98 Å². The van der Waals surface area contributed by atoms with Gasteiger partial charge in [-0.25, -0.2) is 4.98 Å². The lowest BCUT2D eigenvalue weighted by atomic mass is 10.2. The fourth-order valence-corrected chi connectivity index (χ4v) is 1.98. The lowest BCUT2D eigenvalue weighted by molar-refractivity contribution is 0.301. The molecular formula is C14H15ClN2O. The van der Waals surface area contributed by atoms with E-state index in [1.807, 2.05) is 24.3 Å². The fourth-order valence-electron chi connectivity index (χ4n) is 1.81. The number of halogens is 1. The van der Waals surface area contributed by atoms with E-state index in [2.05, 4.69) is 22.0 Å². The molecule has 0 amide bonds. The maximum absolute atomic E-state index is 9.16. The SMILES string of the molecule is OCCN(Cc1ccccc1)c1ccnc(Cl)c1. The summed E-state index contributed by atoms with van der Waals surface area (Å²) in [5, 5.41) is 9.62. The second kappa shape index (κ2) is 6.38. The summed E-state index contributed by atoms with van der Waals surface area (Å²) in [4.78, 5) is 6.04. The minimum absolute atomic E-state index is 0.104. The molecule has 1 heterocycles. The van der Waals surface area contributed by atoms with Gasteiger partial charge in [0.1, 0.15) is 5.15 Å². The van der Waals surface area contributed by atoms with E-state index in [1.165, 1.54) is 5.56 Å². The summed E-state index contributed by atoms with van der Waals surface area (Å²) in [7, 11) is 0. The van der Waals surface area contributed by atoms with Crippen LogP contribution in [0.1, 0.15) is 5.56 Å². The Morgan fingerprint density at radius 2 is 1.94 bits per heavy atom. The first-order chi connectivity index (χ1) is 8.79. The van der Waals surface area contributed by atoms with E-state index >= 15 is 0 Å². The quantitative estimate of drug-likeness (QED) is 0.842. The molecule has 0 radical (unpaired) electrons. The monoisotopic (exact) mass is 262 g/mol. The molecule has 0 saturated heterocycles. The second-order valence-corrected chi connectivity index (χ2v) is 4.35. The molecule has 2 rings (SSSR count). The van der Waals surface area contributed by atoms with Gasteiger partial charge in [0.25, 0.3) is 0 Å². The number of aliphatic hydroxyl groups excluding tert-OH is 1. The summed E-state index contributed by atoms with van der Waals surface area (Å²) in [6, 6.07) is 13.8. The molecule has 0 saturated carbocycles. The number of aromatic nitrogens is 1. The lowest BCUT2D eigenvalue weighted by Gasteiger charge is -2.24. The molecule has 0 aliphatic rings. The van der Waals surface area contributed by atoms with Crippen molar-refractivity contribution < 1.29 is 5.11 Å². The molecule has 0 fully saturated rings. The van der Waals surface area contributed by atoms with Gasteiger partial charge in [0.05, 0.1) is 6.61 Å². The van der Waals surface area contributed by atoms with Gasteiger partial charge in [-0.3, -0.25) is 0 Å². The number of hydrogen-bond donors (Lipinski definition) is 1. The normalized spacial score (nSPS) is 10.3. The molecule has 0 atom stereocenters. The highest BCUT2D eigenvalue weighted by Gasteiger charge is 2.07. The number of hydrogen-bond acceptors (Lipinski definition) is 3. The molecule has 0 unspecified atom stereocenters. The van der Waals surface area contributed by atoms with Gasteiger partial charge in [-0.15, -0.1) is 0 Å². The summed E-state index contributed by atoms with van der Waals surface area (Å²) < 4.78 is 0. The van der Waals surface area contributed by atoms with E-state index in [9.17, 15) is 0 Å². The third-order valence-electron chi connectivity index (χ3n) is 2.66. The summed E-state index contributed by atoms with van der Waals surface area (Å²) in [5.74, 6) is 0. The Morgan fingerprint density at radius 3 is 2.61 bits per heavy atom. The van der Waals surface area contributed by atoms with E-state index in [-0.39, 0.29) is 6.61 Å². The standard InChI is InChI=1S/C14H15ClN2O/c15-14-10-13(6-7-16-14)17(8-9-18)11-12-4-2-1-3-5-12/h1-7,10,18H,8-9,11H2. The molecule has 2 aromatic rings. The summed E-state index contributed by atoms with van der Waals surface area (Å²) in [5.41, 5.74) is 2.16. The molecule has 0 aliphatic carbocycles. The Labute approximate surface area is 112 Å². The van der Waals surface area contributed by atoms with Crippen LogP contribution in [0.15, 0.2) is 48.7 Å². The van der Waals surface area contributed by atoms with E-state index in [0.29, 0.717) is 11.7 Å². The molecule has 1 aromatic carbocycles. The maximum atomic E-state index is 9.16. The molecule has 3 nitrogen and oxygen atoms in total. The van der Waals surface area contributed by atoms with Crippen molar-refractivity contribution in [2.75, 3.05) is 18.1 Å². The molecule has 4 heteroatoms. The topological polar surface area (TPSA) is 36.4 Å². The van der Waals surface area contributed by atoms with Crippen LogP contribution in [0.3, 0.4) is 0 Å². The smallest absolute Gasteiger partial charge is 0.131 e. The number of nitrogens with zero attached hydrogens (tertiary/aromatic N) is 2. The average molecular weight is 263 g/mol. The van der Waals surface area contributed by atoms with Crippen LogP contribution in [0.5, 0.6) is 0 Å². The van der Waals surface area contributed by atoms with E-state index in [4.69, 9.17) is 16.7 Å². The fraction of sp³-hybridized carbons (Fsp3) is 0.214. The second-order valence-electron chi connectivity index (χ2n) is 3.97. The Hall–Kier alpha value is -1.58. The van der Waals surface area contributed by atoms with Gasteiger partial charge in [0.15, 0.2) is 0 Å². The number of benzene rings is 1. The summed E-state index contributed by atoms with van der Waals surface area (Å²) >= 11 is 5.89. The van der Waals surface area contributed by atoms with Crippen LogP contribution < -0.4 is 4.90 Å². The van der Waals surface area contributed by atoms with Gasteiger partial charge in [0.2, 0.25) is 0 Å². The van der Waals surface area contributed by atoms with Crippen LogP contribution in [0.25, 0.3) is 0 Å². The van der Waals surface area contributed by atoms with Crippen LogP contribution in [0.4, 0.5) is 5.69 Å². The van der Waals surface area contributed by atoms with Gasteiger partial charge in [-0.1, -0.05) is 41.9 Å². The van der Waals surface area contributed by atoms with Crippen LogP contribution in [0, 0.1) is 0 Å². The predicted molar refractivity (Wildman–Crippen MR) is 73.8 cm³/mol. The van der Waals surface area contributed by atoms with Crippen molar-refractivity contribution in [2.24, 2.45) is 0 Å². The van der Waals surface area contributed by atoms with Gasteiger partial charge < -0.3 is 10.0 Å². The number of pyridine rings is 1. The molecule has 0 aliphatic heterocycles. The molecule has 94 valence electrons. The summed E-state index contributed by atoms with van der Waals surface area (Å²) in [6.45, 7) is 1.41. The van der Waals surface area contributed by atoms with E-state index in [0.717, 1.165) is 12.2 Å². The maximum Gasteiger partial charge on any atom is 0.131 e. The van der Waals surface area contributed by atoms with Crippen molar-refractivity contribution in [3.8, 4) is 0 Å². The van der Waals surface area contributed by atoms with Crippen molar-refractivity contribution >= 4 is 17.3 Å². The zero-order valence-corrected chi connectivity index (χ0v) is 10.7. The van der Waals surface area contributed by atoms with Gasteiger partial charge in [0, 0.05) is 25.0 Å². The van der Waals surface area contributed by atoms with Crippen LogP contribution in [-0.2, 0) is 6.54 Å². The largest absolute Gasteiger partial charge is 0.395 e. The van der Waals surface area contributed by atoms with Gasteiger partial charge in [-0.2, -0.15) is 0 Å². The van der Waals surface area contributed by atoms with Crippen molar-refractivity contribution in [3.63, 3.8) is 0 Å². The minimum atomic E-state index is 0.104. The van der Waals surface area contributed by atoms with Crippen molar-refractivity contribution in [1.29, 1.82) is 0 Å². The Bertz CT molecular complexity index is 490. The average Bonchev–Trinajstić information content (AvgIpc) is 2.39. The highest BCUT2D eigenvalue weighted by Crippen LogP contribution is 2.19. The Balaban J connectivity index is 2.18. The van der Waals surface area contributed by atoms with Crippen LogP contribution >= 0.6 is 11.6 Å². The highest BCUT2D eigenvalue weighted by atomic mass is 35.5. The first-order valence-corrected chi connectivity index (χ1v) is 6.18.